The number of carbonyl (C=O) groups is 2. The van der Waals surface area contributed by atoms with Gasteiger partial charge in [-0.05, 0) is 38.1 Å². The normalized spacial score (nSPS) is 11.8. The van der Waals surface area contributed by atoms with Gasteiger partial charge in [0.05, 0.1) is 0 Å². The van der Waals surface area contributed by atoms with Crippen molar-refractivity contribution in [2.75, 3.05) is 6.61 Å². The third kappa shape index (κ3) is 4.64. The van der Waals surface area contributed by atoms with Crippen molar-refractivity contribution in [3.8, 4) is 5.75 Å². The second-order valence-electron chi connectivity index (χ2n) is 5.06. The van der Waals surface area contributed by atoms with Gasteiger partial charge < -0.3 is 14.6 Å². The molecule has 7 heteroatoms. The minimum atomic E-state index is -0.392. The molecule has 23 heavy (non-hydrogen) atoms. The highest BCUT2D eigenvalue weighted by Gasteiger charge is 2.15. The van der Waals surface area contributed by atoms with Crippen molar-refractivity contribution in [3.63, 3.8) is 0 Å². The van der Waals surface area contributed by atoms with Crippen molar-refractivity contribution in [2.45, 2.75) is 33.2 Å². The molecule has 0 unspecified atom stereocenters. The third-order valence-corrected chi connectivity index (χ3v) is 3.16. The van der Waals surface area contributed by atoms with Crippen LogP contribution in [0.25, 0.3) is 0 Å². The summed E-state index contributed by atoms with van der Waals surface area (Å²) in [6, 6.07) is 6.31. The Bertz CT molecular complexity index is 679. The van der Waals surface area contributed by atoms with Gasteiger partial charge in [0, 0.05) is 12.0 Å². The summed E-state index contributed by atoms with van der Waals surface area (Å²) >= 11 is 0. The molecule has 0 bridgehead atoms. The van der Waals surface area contributed by atoms with Crippen LogP contribution in [0.1, 0.15) is 48.4 Å². The summed E-state index contributed by atoms with van der Waals surface area (Å²) in [7, 11) is 0. The number of carbonyl (C=O) groups excluding carboxylic acids is 2. The van der Waals surface area contributed by atoms with E-state index in [2.05, 4.69) is 15.5 Å². The molecule has 7 nitrogen and oxygen atoms in total. The van der Waals surface area contributed by atoms with Crippen LogP contribution in [0.5, 0.6) is 5.75 Å². The van der Waals surface area contributed by atoms with Gasteiger partial charge in [0.15, 0.2) is 18.2 Å². The number of ether oxygens (including phenoxy) is 1. The fourth-order valence-corrected chi connectivity index (χ4v) is 1.92. The summed E-state index contributed by atoms with van der Waals surface area (Å²) in [5, 5.41) is 6.38. The van der Waals surface area contributed by atoms with Gasteiger partial charge in [-0.3, -0.25) is 9.59 Å². The number of Topliss-reactive ketones (excluding diaryl/α,β-unsaturated/α-hetero) is 1. The van der Waals surface area contributed by atoms with Gasteiger partial charge in [0.25, 0.3) is 5.91 Å². The fourth-order valence-electron chi connectivity index (χ4n) is 1.92. The van der Waals surface area contributed by atoms with E-state index >= 15 is 0 Å². The average Bonchev–Trinajstić information content (AvgIpc) is 2.99. The molecule has 0 spiro atoms. The molecule has 0 aliphatic heterocycles. The molecule has 0 aliphatic carbocycles. The Kier molecular flexibility index (Phi) is 5.46. The quantitative estimate of drug-likeness (QED) is 0.787. The molecule has 0 radical (unpaired) electrons. The summed E-state index contributed by atoms with van der Waals surface area (Å²) in [5.74, 6) is 1.14. The highest BCUT2D eigenvalue weighted by molar-refractivity contribution is 5.95. The van der Waals surface area contributed by atoms with Crippen LogP contribution in [0.3, 0.4) is 0 Å². The average molecular weight is 317 g/mol. The predicted molar refractivity (Wildman–Crippen MR) is 82.2 cm³/mol. The maximum absolute atomic E-state index is 11.8. The standard InChI is InChI=1S/C16H19N3O4/c1-4-14(20)12-5-7-13(8-6-12)22-9-15(21)17-10(2)16-18-11(3)19-23-16/h5-8,10H,4,9H2,1-3H3,(H,17,21)/t10-/m0/s1. The summed E-state index contributed by atoms with van der Waals surface area (Å²) in [6.07, 6.45) is 0.454. The summed E-state index contributed by atoms with van der Waals surface area (Å²) in [4.78, 5) is 27.4. The Balaban J connectivity index is 1.83. The van der Waals surface area contributed by atoms with E-state index in [4.69, 9.17) is 9.26 Å². The Labute approximate surface area is 134 Å². The molecule has 1 heterocycles. The molecule has 0 fully saturated rings. The van der Waals surface area contributed by atoms with E-state index in [0.29, 0.717) is 29.4 Å². The molecule has 0 saturated heterocycles. The van der Waals surface area contributed by atoms with Gasteiger partial charge in [0.2, 0.25) is 5.89 Å². The van der Waals surface area contributed by atoms with E-state index in [1.165, 1.54) is 0 Å². The SMILES string of the molecule is CCC(=O)c1ccc(OCC(=O)N[C@@H](C)c2nc(C)no2)cc1. The first-order valence-corrected chi connectivity index (χ1v) is 7.35. The molecule has 1 aromatic heterocycles. The van der Waals surface area contributed by atoms with Crippen molar-refractivity contribution >= 4 is 11.7 Å². The van der Waals surface area contributed by atoms with Gasteiger partial charge in [-0.1, -0.05) is 12.1 Å². The van der Waals surface area contributed by atoms with Crippen LogP contribution in [-0.2, 0) is 4.79 Å². The molecule has 122 valence electrons. The fraction of sp³-hybridized carbons (Fsp3) is 0.375. The lowest BCUT2D eigenvalue weighted by atomic mass is 10.1. The van der Waals surface area contributed by atoms with Crippen LogP contribution in [0.15, 0.2) is 28.8 Å². The predicted octanol–water partition coefficient (Wildman–Crippen LogP) is 2.23. The van der Waals surface area contributed by atoms with E-state index in [1.54, 1.807) is 38.1 Å². The Morgan fingerprint density at radius 2 is 2.00 bits per heavy atom. The van der Waals surface area contributed by atoms with E-state index in [-0.39, 0.29) is 18.3 Å². The molecular weight excluding hydrogens is 298 g/mol. The maximum Gasteiger partial charge on any atom is 0.258 e. The largest absolute Gasteiger partial charge is 0.484 e. The van der Waals surface area contributed by atoms with Crippen LogP contribution < -0.4 is 10.1 Å². The van der Waals surface area contributed by atoms with E-state index in [0.717, 1.165) is 0 Å². The lowest BCUT2D eigenvalue weighted by Gasteiger charge is -2.11. The Morgan fingerprint density at radius 1 is 1.30 bits per heavy atom. The second-order valence-corrected chi connectivity index (χ2v) is 5.06. The molecule has 2 rings (SSSR count). The number of amides is 1. The molecule has 0 saturated carbocycles. The summed E-state index contributed by atoms with van der Waals surface area (Å²) in [5.41, 5.74) is 0.629. The van der Waals surface area contributed by atoms with Gasteiger partial charge in [0.1, 0.15) is 11.8 Å². The molecule has 1 N–H and O–H groups in total. The van der Waals surface area contributed by atoms with Gasteiger partial charge >= 0.3 is 0 Å². The number of hydrogen-bond donors (Lipinski definition) is 1. The van der Waals surface area contributed by atoms with Crippen molar-refractivity contribution < 1.29 is 18.8 Å². The molecule has 1 aromatic carbocycles. The smallest absolute Gasteiger partial charge is 0.258 e. The first-order chi connectivity index (χ1) is 11.0. The minimum Gasteiger partial charge on any atom is -0.484 e. The zero-order chi connectivity index (χ0) is 16.8. The number of nitrogens with one attached hydrogen (secondary N) is 1. The first-order valence-electron chi connectivity index (χ1n) is 7.35. The van der Waals surface area contributed by atoms with Crippen LogP contribution >= 0.6 is 0 Å². The van der Waals surface area contributed by atoms with E-state index in [9.17, 15) is 9.59 Å². The van der Waals surface area contributed by atoms with E-state index < -0.39 is 6.04 Å². The minimum absolute atomic E-state index is 0.0676. The number of nitrogens with zero attached hydrogens (tertiary/aromatic N) is 2. The maximum atomic E-state index is 11.8. The summed E-state index contributed by atoms with van der Waals surface area (Å²) in [6.45, 7) is 5.12. The lowest BCUT2D eigenvalue weighted by Crippen LogP contribution is -2.31. The topological polar surface area (TPSA) is 94.3 Å². The Morgan fingerprint density at radius 3 is 2.57 bits per heavy atom. The third-order valence-electron chi connectivity index (χ3n) is 3.16. The zero-order valence-electron chi connectivity index (χ0n) is 13.3. The van der Waals surface area contributed by atoms with Crippen molar-refractivity contribution in [3.05, 3.63) is 41.5 Å². The van der Waals surface area contributed by atoms with Crippen molar-refractivity contribution in [2.24, 2.45) is 0 Å². The monoisotopic (exact) mass is 317 g/mol. The zero-order valence-corrected chi connectivity index (χ0v) is 13.3. The number of hydrogen-bond acceptors (Lipinski definition) is 6. The van der Waals surface area contributed by atoms with E-state index in [1.807, 2.05) is 6.92 Å². The number of aryl methyl sites for hydroxylation is 1. The van der Waals surface area contributed by atoms with Crippen LogP contribution in [-0.4, -0.2) is 28.4 Å². The molecule has 1 amide bonds. The van der Waals surface area contributed by atoms with Crippen molar-refractivity contribution in [1.82, 2.24) is 15.5 Å². The highest BCUT2D eigenvalue weighted by Crippen LogP contribution is 2.14. The second kappa shape index (κ2) is 7.53. The molecular formula is C16H19N3O4. The Hall–Kier alpha value is -2.70. The van der Waals surface area contributed by atoms with Crippen molar-refractivity contribution in [1.29, 1.82) is 0 Å². The van der Waals surface area contributed by atoms with Crippen LogP contribution in [0.4, 0.5) is 0 Å². The van der Waals surface area contributed by atoms with Gasteiger partial charge in [-0.15, -0.1) is 0 Å². The number of aromatic nitrogens is 2. The number of benzene rings is 1. The van der Waals surface area contributed by atoms with Crippen LogP contribution in [0.2, 0.25) is 0 Å². The molecule has 1 atom stereocenters. The summed E-state index contributed by atoms with van der Waals surface area (Å²) < 4.78 is 10.4. The van der Waals surface area contributed by atoms with Crippen LogP contribution in [0, 0.1) is 6.92 Å². The number of ketones is 1. The van der Waals surface area contributed by atoms with Gasteiger partial charge in [-0.2, -0.15) is 4.98 Å². The first kappa shape index (κ1) is 16.7. The highest BCUT2D eigenvalue weighted by atomic mass is 16.5. The molecule has 2 aromatic rings. The molecule has 0 aliphatic rings. The lowest BCUT2D eigenvalue weighted by molar-refractivity contribution is -0.123. The van der Waals surface area contributed by atoms with Gasteiger partial charge in [-0.25, -0.2) is 0 Å². The number of rotatable bonds is 7.